The third-order valence-electron chi connectivity index (χ3n) is 3.30. The maximum Gasteiger partial charge on any atom is 0.169 e. The van der Waals surface area contributed by atoms with Crippen LogP contribution in [0.2, 0.25) is 0 Å². The Morgan fingerprint density at radius 2 is 2.00 bits per heavy atom. The first-order valence-electron chi connectivity index (χ1n) is 6.24. The topological polar surface area (TPSA) is 35.5 Å². The first-order valence-corrected chi connectivity index (χ1v) is 6.24. The molecule has 1 aromatic carbocycles. The molecule has 0 bridgehead atoms. The average Bonchev–Trinajstić information content (AvgIpc) is 2.28. The Kier molecular flexibility index (Phi) is 3.44. The van der Waals surface area contributed by atoms with Crippen LogP contribution in [0.3, 0.4) is 0 Å². The highest BCUT2D eigenvalue weighted by molar-refractivity contribution is 5.90. The standard InChI is InChI=1S/C15H20O3/c1-15(2,3)10-6-5-7-11(8-10)18-13-9-12(16)14(13)17-4/h5-8,13-14H,9H2,1-4H3. The lowest BCUT2D eigenvalue weighted by molar-refractivity contribution is -0.150. The normalized spacial score (nSPS) is 23.7. The van der Waals surface area contributed by atoms with Crippen LogP contribution in [0.15, 0.2) is 24.3 Å². The van der Waals surface area contributed by atoms with Crippen LogP contribution in [0.5, 0.6) is 5.75 Å². The molecule has 2 atom stereocenters. The minimum Gasteiger partial charge on any atom is -0.487 e. The largest absolute Gasteiger partial charge is 0.487 e. The number of hydrogen-bond acceptors (Lipinski definition) is 3. The van der Waals surface area contributed by atoms with Gasteiger partial charge in [0.1, 0.15) is 11.9 Å². The van der Waals surface area contributed by atoms with Crippen LogP contribution in [0.1, 0.15) is 32.8 Å². The molecular formula is C15H20O3. The summed E-state index contributed by atoms with van der Waals surface area (Å²) in [5, 5.41) is 0. The minimum atomic E-state index is -0.400. The van der Waals surface area contributed by atoms with Crippen molar-refractivity contribution in [1.29, 1.82) is 0 Å². The van der Waals surface area contributed by atoms with Crippen molar-refractivity contribution in [2.45, 2.75) is 44.8 Å². The Morgan fingerprint density at radius 3 is 2.56 bits per heavy atom. The highest BCUT2D eigenvalue weighted by Gasteiger charge is 2.42. The van der Waals surface area contributed by atoms with Gasteiger partial charge in [0, 0.05) is 13.5 Å². The molecule has 0 heterocycles. The molecule has 98 valence electrons. The molecule has 0 N–H and O–H groups in total. The van der Waals surface area contributed by atoms with Crippen molar-refractivity contribution < 1.29 is 14.3 Å². The first kappa shape index (κ1) is 13.1. The highest BCUT2D eigenvalue weighted by atomic mass is 16.5. The molecule has 1 aliphatic rings. The predicted molar refractivity (Wildman–Crippen MR) is 70.0 cm³/mol. The number of ether oxygens (including phenoxy) is 2. The lowest BCUT2D eigenvalue weighted by atomic mass is 9.87. The van der Waals surface area contributed by atoms with Crippen molar-refractivity contribution in [3.63, 3.8) is 0 Å². The van der Waals surface area contributed by atoms with Crippen LogP contribution in [0.4, 0.5) is 0 Å². The molecule has 18 heavy (non-hydrogen) atoms. The fourth-order valence-electron chi connectivity index (χ4n) is 2.07. The molecular weight excluding hydrogens is 228 g/mol. The molecule has 3 nitrogen and oxygen atoms in total. The summed E-state index contributed by atoms with van der Waals surface area (Å²) in [5.41, 5.74) is 1.31. The molecule has 2 unspecified atom stereocenters. The van der Waals surface area contributed by atoms with E-state index in [2.05, 4.69) is 26.8 Å². The van der Waals surface area contributed by atoms with Gasteiger partial charge in [0.25, 0.3) is 0 Å². The van der Waals surface area contributed by atoms with Crippen molar-refractivity contribution in [2.24, 2.45) is 0 Å². The quantitative estimate of drug-likeness (QED) is 0.825. The zero-order valence-corrected chi connectivity index (χ0v) is 11.4. The second-order valence-electron chi connectivity index (χ2n) is 5.76. The zero-order chi connectivity index (χ0) is 13.3. The number of methoxy groups -OCH3 is 1. The van der Waals surface area contributed by atoms with Gasteiger partial charge in [-0.3, -0.25) is 4.79 Å². The number of ketones is 1. The molecule has 0 spiro atoms. The summed E-state index contributed by atoms with van der Waals surface area (Å²) in [6.07, 6.45) is -0.0980. The zero-order valence-electron chi connectivity index (χ0n) is 11.4. The fourth-order valence-corrected chi connectivity index (χ4v) is 2.07. The molecule has 0 radical (unpaired) electrons. The number of carbonyl (C=O) groups is 1. The molecule has 3 heteroatoms. The maximum atomic E-state index is 11.3. The van der Waals surface area contributed by atoms with E-state index in [9.17, 15) is 4.79 Å². The molecule has 0 amide bonds. The SMILES string of the molecule is COC1C(=O)CC1Oc1cccc(C(C)(C)C)c1. The number of carbonyl (C=O) groups excluding carboxylic acids is 1. The van der Waals surface area contributed by atoms with E-state index in [1.54, 1.807) is 7.11 Å². The fraction of sp³-hybridized carbons (Fsp3) is 0.533. The van der Waals surface area contributed by atoms with Crippen LogP contribution in [0, 0.1) is 0 Å². The van der Waals surface area contributed by atoms with E-state index in [1.807, 2.05) is 18.2 Å². The lowest BCUT2D eigenvalue weighted by Crippen LogP contribution is -2.51. The number of hydrogen-bond donors (Lipinski definition) is 0. The maximum absolute atomic E-state index is 11.3. The summed E-state index contributed by atoms with van der Waals surface area (Å²) >= 11 is 0. The molecule has 1 aliphatic carbocycles. The van der Waals surface area contributed by atoms with Crippen molar-refractivity contribution >= 4 is 5.78 Å². The van der Waals surface area contributed by atoms with E-state index in [0.29, 0.717) is 6.42 Å². The monoisotopic (exact) mass is 248 g/mol. The average molecular weight is 248 g/mol. The van der Waals surface area contributed by atoms with E-state index in [4.69, 9.17) is 9.47 Å². The second-order valence-corrected chi connectivity index (χ2v) is 5.76. The van der Waals surface area contributed by atoms with E-state index in [1.165, 1.54) is 5.56 Å². The smallest absolute Gasteiger partial charge is 0.169 e. The van der Waals surface area contributed by atoms with Crippen LogP contribution < -0.4 is 4.74 Å². The molecule has 0 saturated heterocycles. The van der Waals surface area contributed by atoms with Crippen molar-refractivity contribution in [1.82, 2.24) is 0 Å². The second kappa shape index (κ2) is 4.73. The summed E-state index contributed by atoms with van der Waals surface area (Å²) < 4.78 is 10.9. The molecule has 0 aliphatic heterocycles. The van der Waals surface area contributed by atoms with E-state index in [-0.39, 0.29) is 17.3 Å². The van der Waals surface area contributed by atoms with Gasteiger partial charge in [0.15, 0.2) is 11.9 Å². The van der Waals surface area contributed by atoms with E-state index >= 15 is 0 Å². The Bertz CT molecular complexity index is 445. The van der Waals surface area contributed by atoms with Crippen LogP contribution in [-0.4, -0.2) is 25.1 Å². The Labute approximate surface area is 108 Å². The van der Waals surface area contributed by atoms with Crippen molar-refractivity contribution in [3.8, 4) is 5.75 Å². The van der Waals surface area contributed by atoms with Crippen molar-refractivity contribution in [3.05, 3.63) is 29.8 Å². The van der Waals surface area contributed by atoms with Gasteiger partial charge in [0.2, 0.25) is 0 Å². The van der Waals surface area contributed by atoms with Crippen LogP contribution in [0.25, 0.3) is 0 Å². The summed E-state index contributed by atoms with van der Waals surface area (Å²) in [4.78, 5) is 11.3. The van der Waals surface area contributed by atoms with Gasteiger partial charge in [-0.25, -0.2) is 0 Å². The minimum absolute atomic E-state index is 0.0927. The molecule has 2 rings (SSSR count). The van der Waals surface area contributed by atoms with Crippen molar-refractivity contribution in [2.75, 3.05) is 7.11 Å². The van der Waals surface area contributed by atoms with E-state index in [0.717, 1.165) is 5.75 Å². The highest BCUT2D eigenvalue weighted by Crippen LogP contribution is 2.29. The predicted octanol–water partition coefficient (Wildman–Crippen LogP) is 2.72. The van der Waals surface area contributed by atoms with Gasteiger partial charge in [-0.05, 0) is 23.1 Å². The van der Waals surface area contributed by atoms with Gasteiger partial charge in [-0.1, -0.05) is 32.9 Å². The first-order chi connectivity index (χ1) is 8.41. The molecule has 0 aromatic heterocycles. The summed E-state index contributed by atoms with van der Waals surface area (Å²) in [7, 11) is 1.55. The summed E-state index contributed by atoms with van der Waals surface area (Å²) in [6.45, 7) is 6.49. The summed E-state index contributed by atoms with van der Waals surface area (Å²) in [6, 6.07) is 8.03. The summed E-state index contributed by atoms with van der Waals surface area (Å²) in [5.74, 6) is 0.927. The third kappa shape index (κ3) is 2.56. The Hall–Kier alpha value is -1.35. The Balaban J connectivity index is 2.09. The van der Waals surface area contributed by atoms with Gasteiger partial charge in [-0.2, -0.15) is 0 Å². The lowest BCUT2D eigenvalue weighted by Gasteiger charge is -2.34. The van der Waals surface area contributed by atoms with Gasteiger partial charge in [0.05, 0.1) is 0 Å². The number of rotatable bonds is 3. The van der Waals surface area contributed by atoms with Gasteiger partial charge >= 0.3 is 0 Å². The number of benzene rings is 1. The number of Topliss-reactive ketones (excluding diaryl/α,β-unsaturated/α-hetero) is 1. The van der Waals surface area contributed by atoms with Gasteiger partial charge < -0.3 is 9.47 Å². The van der Waals surface area contributed by atoms with E-state index < -0.39 is 6.10 Å². The van der Waals surface area contributed by atoms with Gasteiger partial charge in [-0.15, -0.1) is 0 Å². The third-order valence-corrected chi connectivity index (χ3v) is 3.30. The molecule has 1 fully saturated rings. The van der Waals surface area contributed by atoms with Crippen LogP contribution in [-0.2, 0) is 14.9 Å². The molecule has 1 saturated carbocycles. The Morgan fingerprint density at radius 1 is 1.28 bits per heavy atom. The van der Waals surface area contributed by atoms with Crippen LogP contribution >= 0.6 is 0 Å². The molecule has 1 aromatic rings.